The predicted octanol–water partition coefficient (Wildman–Crippen LogP) is 2.35. The number of hydrogen-bond donors (Lipinski definition) is 2. The molecule has 1 amide bonds. The van der Waals surface area contributed by atoms with Gasteiger partial charge in [0.05, 0.1) is 17.6 Å². The van der Waals surface area contributed by atoms with Crippen LogP contribution >= 0.6 is 0 Å². The molecular weight excluding hydrogens is 328 g/mol. The highest BCUT2D eigenvalue weighted by atomic mass is 16.1. The molecule has 0 atom stereocenters. The Morgan fingerprint density at radius 1 is 1.31 bits per heavy atom. The second kappa shape index (κ2) is 7.68. The van der Waals surface area contributed by atoms with E-state index < -0.39 is 0 Å². The molecule has 0 saturated carbocycles. The van der Waals surface area contributed by atoms with Crippen LogP contribution in [0.4, 0.5) is 11.5 Å². The minimum atomic E-state index is -0.122. The topological polar surface area (TPSA) is 88.3 Å². The molecule has 1 aliphatic carbocycles. The van der Waals surface area contributed by atoms with Crippen molar-refractivity contribution in [3.63, 3.8) is 0 Å². The summed E-state index contributed by atoms with van der Waals surface area (Å²) in [6.07, 6.45) is 11.3. The monoisotopic (exact) mass is 355 g/mol. The first-order valence-corrected chi connectivity index (χ1v) is 9.17. The summed E-state index contributed by atoms with van der Waals surface area (Å²) in [6.45, 7) is 7.63. The Balaban J connectivity index is 1.96. The van der Waals surface area contributed by atoms with Gasteiger partial charge in [-0.05, 0) is 26.3 Å². The lowest BCUT2D eigenvalue weighted by Gasteiger charge is -2.16. The molecule has 0 radical (unpaired) electrons. The van der Waals surface area contributed by atoms with E-state index >= 15 is 0 Å². The Morgan fingerprint density at radius 3 is 2.65 bits per heavy atom. The number of anilines is 1. The molecule has 1 aromatic heterocycles. The molecule has 3 N–H and O–H groups in total. The van der Waals surface area contributed by atoms with E-state index in [1.54, 1.807) is 10.9 Å². The Bertz CT molecular complexity index is 817. The van der Waals surface area contributed by atoms with Crippen LogP contribution in [0.15, 0.2) is 35.1 Å². The van der Waals surface area contributed by atoms with Crippen molar-refractivity contribution in [2.24, 2.45) is 4.99 Å². The quantitative estimate of drug-likeness (QED) is 0.644. The number of carbonyl (C=O) groups excluding carboxylic acids is 1. The van der Waals surface area contributed by atoms with Crippen LogP contribution in [-0.2, 0) is 4.79 Å². The van der Waals surface area contributed by atoms with Gasteiger partial charge in [-0.25, -0.2) is 14.2 Å². The molecule has 2 aliphatic rings. The van der Waals surface area contributed by atoms with Gasteiger partial charge in [0.1, 0.15) is 24.6 Å². The van der Waals surface area contributed by atoms with Gasteiger partial charge in [-0.3, -0.25) is 4.79 Å². The molecule has 26 heavy (non-hydrogen) atoms. The van der Waals surface area contributed by atoms with Gasteiger partial charge in [-0.2, -0.15) is 5.10 Å². The summed E-state index contributed by atoms with van der Waals surface area (Å²) in [5, 5.41) is 7.19. The SMILES string of the molecule is CC(=O)NC1=CC(=[N+]2CCCCC2)C=C/C1=N/c1cnn(C(C)C)c1N. The number of nitrogens with zero attached hydrogens (tertiary/aromatic N) is 4. The van der Waals surface area contributed by atoms with Crippen molar-refractivity contribution in [2.45, 2.75) is 46.1 Å². The highest BCUT2D eigenvalue weighted by Crippen LogP contribution is 2.25. The Morgan fingerprint density at radius 2 is 2.04 bits per heavy atom. The van der Waals surface area contributed by atoms with Crippen molar-refractivity contribution < 1.29 is 9.37 Å². The average Bonchev–Trinajstić information content (AvgIpc) is 2.97. The molecule has 0 spiro atoms. The lowest BCUT2D eigenvalue weighted by molar-refractivity contribution is -0.535. The number of carbonyl (C=O) groups is 1. The van der Waals surface area contributed by atoms with E-state index in [0.29, 0.717) is 22.9 Å². The van der Waals surface area contributed by atoms with Crippen LogP contribution in [0.3, 0.4) is 0 Å². The third kappa shape index (κ3) is 3.92. The molecule has 138 valence electrons. The van der Waals surface area contributed by atoms with Crippen molar-refractivity contribution in [3.05, 3.63) is 30.1 Å². The van der Waals surface area contributed by atoms with Crippen LogP contribution in [0.1, 0.15) is 46.1 Å². The molecule has 0 unspecified atom stereocenters. The first kappa shape index (κ1) is 18.1. The second-order valence-corrected chi connectivity index (χ2v) is 7.00. The molecule has 1 aromatic rings. The number of nitrogens with one attached hydrogen (secondary N) is 1. The van der Waals surface area contributed by atoms with Gasteiger partial charge in [-0.1, -0.05) is 0 Å². The first-order valence-electron chi connectivity index (χ1n) is 9.17. The van der Waals surface area contributed by atoms with Crippen LogP contribution in [0.25, 0.3) is 0 Å². The fourth-order valence-corrected chi connectivity index (χ4v) is 3.25. The molecule has 3 rings (SSSR count). The van der Waals surface area contributed by atoms with E-state index in [4.69, 9.17) is 5.73 Å². The molecule has 0 bridgehead atoms. The zero-order chi connectivity index (χ0) is 18.7. The van der Waals surface area contributed by atoms with E-state index in [1.807, 2.05) is 26.0 Å². The molecule has 7 heteroatoms. The van der Waals surface area contributed by atoms with Gasteiger partial charge in [0, 0.05) is 38.0 Å². The highest BCUT2D eigenvalue weighted by molar-refractivity contribution is 6.21. The summed E-state index contributed by atoms with van der Waals surface area (Å²) >= 11 is 0. The molecule has 1 saturated heterocycles. The van der Waals surface area contributed by atoms with E-state index in [2.05, 4.69) is 26.1 Å². The van der Waals surface area contributed by atoms with Crippen molar-refractivity contribution in [2.75, 3.05) is 18.8 Å². The van der Waals surface area contributed by atoms with Gasteiger partial charge in [0.15, 0.2) is 0 Å². The summed E-state index contributed by atoms with van der Waals surface area (Å²) in [6, 6.07) is 0.162. The van der Waals surface area contributed by atoms with Crippen LogP contribution in [0.5, 0.6) is 0 Å². The first-order chi connectivity index (χ1) is 12.5. The number of allylic oxidation sites excluding steroid dienone is 3. The van der Waals surface area contributed by atoms with E-state index in [1.165, 1.54) is 26.2 Å². The molecule has 2 heterocycles. The maximum Gasteiger partial charge on any atom is 0.221 e. The van der Waals surface area contributed by atoms with Gasteiger partial charge in [0.25, 0.3) is 0 Å². The lowest BCUT2D eigenvalue weighted by atomic mass is 10.1. The zero-order valence-electron chi connectivity index (χ0n) is 15.7. The third-order valence-electron chi connectivity index (χ3n) is 4.56. The van der Waals surface area contributed by atoms with E-state index in [9.17, 15) is 4.79 Å². The van der Waals surface area contributed by atoms with E-state index in [-0.39, 0.29) is 11.9 Å². The molecule has 7 nitrogen and oxygen atoms in total. The van der Waals surface area contributed by atoms with E-state index in [0.717, 1.165) is 18.8 Å². The summed E-state index contributed by atoms with van der Waals surface area (Å²) in [7, 11) is 0. The maximum absolute atomic E-state index is 11.7. The smallest absolute Gasteiger partial charge is 0.221 e. The fraction of sp³-hybridized carbons (Fsp3) is 0.474. The number of amides is 1. The Labute approximate surface area is 154 Å². The zero-order valence-corrected chi connectivity index (χ0v) is 15.7. The maximum atomic E-state index is 11.7. The molecule has 1 aliphatic heterocycles. The van der Waals surface area contributed by atoms with Gasteiger partial charge in [-0.15, -0.1) is 0 Å². The largest absolute Gasteiger partial charge is 0.382 e. The summed E-state index contributed by atoms with van der Waals surface area (Å²) in [4.78, 5) is 16.3. The number of nitrogen functional groups attached to an aromatic ring is 1. The van der Waals surface area contributed by atoms with Crippen molar-refractivity contribution in [1.29, 1.82) is 0 Å². The fourth-order valence-electron chi connectivity index (χ4n) is 3.25. The minimum absolute atomic E-state index is 0.122. The summed E-state index contributed by atoms with van der Waals surface area (Å²) in [5.74, 6) is 0.400. The van der Waals surface area contributed by atoms with Crippen molar-refractivity contribution in [3.8, 4) is 0 Å². The number of piperidine rings is 1. The van der Waals surface area contributed by atoms with Gasteiger partial charge >= 0.3 is 0 Å². The van der Waals surface area contributed by atoms with Crippen LogP contribution in [0.2, 0.25) is 0 Å². The minimum Gasteiger partial charge on any atom is -0.382 e. The number of rotatable bonds is 3. The van der Waals surface area contributed by atoms with Crippen molar-refractivity contribution in [1.82, 2.24) is 15.1 Å². The third-order valence-corrected chi connectivity index (χ3v) is 4.56. The number of hydrogen-bond acceptors (Lipinski definition) is 4. The second-order valence-electron chi connectivity index (χ2n) is 7.00. The summed E-state index contributed by atoms with van der Waals surface area (Å²) in [5.41, 5.74) is 9.25. The van der Waals surface area contributed by atoms with Gasteiger partial charge < -0.3 is 11.1 Å². The van der Waals surface area contributed by atoms with Gasteiger partial charge in [0.2, 0.25) is 11.6 Å². The lowest BCUT2D eigenvalue weighted by Crippen LogP contribution is -2.31. The standard InChI is InChI=1S/C19H26N6O/c1-13(2)25-19(20)18(12-21-25)23-16-8-7-15(11-17(16)22-14(3)26)24-9-5-4-6-10-24/h7-8,11-13H,4-6,9-10H2,1-3H3,(H2,20,21,22,26)/p+1. The predicted molar refractivity (Wildman–Crippen MR) is 104 cm³/mol. The average molecular weight is 355 g/mol. The molecule has 1 fully saturated rings. The van der Waals surface area contributed by atoms with Crippen molar-refractivity contribution >= 4 is 28.8 Å². The van der Waals surface area contributed by atoms with Crippen LogP contribution in [-0.4, -0.2) is 44.8 Å². The molecular formula is C19H27N6O+. The number of aromatic nitrogens is 2. The normalized spacial score (nSPS) is 19.2. The Kier molecular flexibility index (Phi) is 5.35. The number of nitrogens with two attached hydrogens (primary N) is 1. The van der Waals surface area contributed by atoms with Crippen LogP contribution < -0.4 is 11.1 Å². The van der Waals surface area contributed by atoms with Crippen LogP contribution in [0, 0.1) is 0 Å². The Hall–Kier alpha value is -2.70. The number of aliphatic imine (C=N–C) groups is 1. The highest BCUT2D eigenvalue weighted by Gasteiger charge is 2.21. The molecule has 0 aromatic carbocycles. The summed E-state index contributed by atoms with van der Waals surface area (Å²) < 4.78 is 4.09.